The molecule has 92 valence electrons. The van der Waals surface area contributed by atoms with Crippen molar-refractivity contribution >= 4 is 21.5 Å². The standard InChI is InChI=1S/C11H13NO4S/c1-7-5-9-10(6-8(7)11(13)16-2)17(14,15)4-3-12-9/h5-6,12H,3-4H2,1-2H3. The van der Waals surface area contributed by atoms with E-state index in [0.29, 0.717) is 23.4 Å². The summed E-state index contributed by atoms with van der Waals surface area (Å²) in [4.78, 5) is 11.7. The highest BCUT2D eigenvalue weighted by Gasteiger charge is 2.26. The number of esters is 1. The maximum absolute atomic E-state index is 11.9. The lowest BCUT2D eigenvalue weighted by Crippen LogP contribution is -2.24. The number of rotatable bonds is 1. The van der Waals surface area contributed by atoms with Crippen LogP contribution < -0.4 is 5.32 Å². The van der Waals surface area contributed by atoms with Crippen molar-refractivity contribution in [2.75, 3.05) is 24.7 Å². The fourth-order valence-electron chi connectivity index (χ4n) is 1.84. The molecule has 1 aliphatic rings. The lowest BCUT2D eigenvalue weighted by atomic mass is 10.1. The SMILES string of the molecule is COC(=O)c1cc2c(cc1C)NCCS2(=O)=O. The highest BCUT2D eigenvalue weighted by molar-refractivity contribution is 7.91. The first-order valence-corrected chi connectivity index (χ1v) is 6.80. The number of benzene rings is 1. The Labute approximate surface area is 99.7 Å². The van der Waals surface area contributed by atoms with Crippen LogP contribution in [0.2, 0.25) is 0 Å². The molecule has 0 aromatic heterocycles. The van der Waals surface area contributed by atoms with Gasteiger partial charge in [0.15, 0.2) is 9.84 Å². The Kier molecular flexibility index (Phi) is 2.82. The Balaban J connectivity index is 2.65. The van der Waals surface area contributed by atoms with Crippen molar-refractivity contribution in [2.24, 2.45) is 0 Å². The Morgan fingerprint density at radius 2 is 2.12 bits per heavy atom. The number of anilines is 1. The number of hydrogen-bond acceptors (Lipinski definition) is 5. The molecule has 0 aliphatic carbocycles. The lowest BCUT2D eigenvalue weighted by Gasteiger charge is -2.19. The molecule has 0 saturated heterocycles. The first-order chi connectivity index (χ1) is 7.95. The molecule has 0 spiro atoms. The molecule has 0 fully saturated rings. The number of carbonyl (C=O) groups excluding carboxylic acids is 1. The van der Waals surface area contributed by atoms with Crippen molar-refractivity contribution in [3.63, 3.8) is 0 Å². The zero-order valence-corrected chi connectivity index (χ0v) is 10.4. The van der Waals surface area contributed by atoms with Gasteiger partial charge in [0.25, 0.3) is 0 Å². The number of aryl methyl sites for hydroxylation is 1. The highest BCUT2D eigenvalue weighted by atomic mass is 32.2. The van der Waals surface area contributed by atoms with Crippen LogP contribution in [0.3, 0.4) is 0 Å². The maximum Gasteiger partial charge on any atom is 0.338 e. The van der Waals surface area contributed by atoms with E-state index < -0.39 is 15.8 Å². The molecule has 0 bridgehead atoms. The van der Waals surface area contributed by atoms with E-state index >= 15 is 0 Å². The van der Waals surface area contributed by atoms with Crippen LogP contribution in [0.4, 0.5) is 5.69 Å². The molecule has 0 saturated carbocycles. The Hall–Kier alpha value is -1.56. The minimum Gasteiger partial charge on any atom is -0.465 e. The summed E-state index contributed by atoms with van der Waals surface area (Å²) in [5.74, 6) is -0.477. The van der Waals surface area contributed by atoms with Gasteiger partial charge in [0.2, 0.25) is 0 Å². The fraction of sp³-hybridized carbons (Fsp3) is 0.364. The fourth-order valence-corrected chi connectivity index (χ4v) is 3.20. The molecule has 6 heteroatoms. The monoisotopic (exact) mass is 255 g/mol. The van der Waals surface area contributed by atoms with Crippen molar-refractivity contribution < 1.29 is 17.9 Å². The number of fused-ring (bicyclic) bond motifs is 1. The van der Waals surface area contributed by atoms with E-state index in [9.17, 15) is 13.2 Å². The van der Waals surface area contributed by atoms with Crippen LogP contribution in [-0.4, -0.2) is 33.8 Å². The topological polar surface area (TPSA) is 72.5 Å². The number of hydrogen-bond donors (Lipinski definition) is 1. The highest BCUT2D eigenvalue weighted by Crippen LogP contribution is 2.29. The van der Waals surface area contributed by atoms with Crippen LogP contribution in [0.25, 0.3) is 0 Å². The van der Waals surface area contributed by atoms with Gasteiger partial charge in [0, 0.05) is 6.54 Å². The molecular weight excluding hydrogens is 242 g/mol. The first kappa shape index (κ1) is 11.9. The quantitative estimate of drug-likeness (QED) is 0.757. The normalized spacial score (nSPS) is 16.8. The van der Waals surface area contributed by atoms with E-state index in [1.54, 1.807) is 13.0 Å². The van der Waals surface area contributed by atoms with E-state index in [-0.39, 0.29) is 10.6 Å². The van der Waals surface area contributed by atoms with E-state index in [1.165, 1.54) is 13.2 Å². The molecule has 1 aliphatic heterocycles. The summed E-state index contributed by atoms with van der Waals surface area (Å²) in [7, 11) is -2.02. The van der Waals surface area contributed by atoms with Gasteiger partial charge in [-0.2, -0.15) is 0 Å². The molecule has 0 amide bonds. The number of ether oxygens (including phenoxy) is 1. The molecule has 1 N–H and O–H groups in total. The van der Waals surface area contributed by atoms with E-state index in [2.05, 4.69) is 10.1 Å². The van der Waals surface area contributed by atoms with Crippen LogP contribution in [0.15, 0.2) is 17.0 Å². The summed E-state index contributed by atoms with van der Waals surface area (Å²) in [6.45, 7) is 2.14. The number of methoxy groups -OCH3 is 1. The number of sulfone groups is 1. The van der Waals surface area contributed by atoms with Gasteiger partial charge in [-0.15, -0.1) is 0 Å². The molecule has 0 radical (unpaired) electrons. The molecule has 0 atom stereocenters. The summed E-state index contributed by atoms with van der Waals surface area (Å²) in [5, 5.41) is 3.01. The second-order valence-corrected chi connectivity index (χ2v) is 5.98. The van der Waals surface area contributed by atoms with Crippen molar-refractivity contribution in [1.29, 1.82) is 0 Å². The summed E-state index contributed by atoms with van der Waals surface area (Å²) >= 11 is 0. The van der Waals surface area contributed by atoms with Gasteiger partial charge in [-0.3, -0.25) is 0 Å². The van der Waals surface area contributed by atoms with Gasteiger partial charge >= 0.3 is 5.97 Å². The zero-order valence-electron chi connectivity index (χ0n) is 9.61. The molecule has 5 nitrogen and oxygen atoms in total. The minimum atomic E-state index is -3.29. The van der Waals surface area contributed by atoms with Crippen molar-refractivity contribution in [2.45, 2.75) is 11.8 Å². The molecule has 1 aromatic carbocycles. The molecule has 1 aromatic rings. The average Bonchev–Trinajstić information content (AvgIpc) is 2.27. The zero-order chi connectivity index (χ0) is 12.6. The van der Waals surface area contributed by atoms with Crippen molar-refractivity contribution in [3.05, 3.63) is 23.3 Å². The van der Waals surface area contributed by atoms with Gasteiger partial charge < -0.3 is 10.1 Å². The minimum absolute atomic E-state index is 0.0453. The van der Waals surface area contributed by atoms with E-state index in [1.807, 2.05) is 0 Å². The Morgan fingerprint density at radius 3 is 2.76 bits per heavy atom. The predicted molar refractivity (Wildman–Crippen MR) is 63.1 cm³/mol. The number of carbonyl (C=O) groups is 1. The smallest absolute Gasteiger partial charge is 0.338 e. The third-order valence-corrected chi connectivity index (χ3v) is 4.50. The predicted octanol–water partition coefficient (Wildman–Crippen LogP) is 0.981. The average molecular weight is 255 g/mol. The van der Waals surface area contributed by atoms with Crippen LogP contribution in [0.5, 0.6) is 0 Å². The Morgan fingerprint density at radius 1 is 1.41 bits per heavy atom. The van der Waals surface area contributed by atoms with Crippen LogP contribution in [0.1, 0.15) is 15.9 Å². The molecule has 0 unspecified atom stereocenters. The maximum atomic E-state index is 11.9. The molecule has 2 rings (SSSR count). The summed E-state index contributed by atoms with van der Waals surface area (Å²) < 4.78 is 28.3. The summed E-state index contributed by atoms with van der Waals surface area (Å²) in [5.41, 5.74) is 1.54. The Bertz CT molecular complexity index is 577. The summed E-state index contributed by atoms with van der Waals surface area (Å²) in [6, 6.07) is 3.05. The van der Waals surface area contributed by atoms with Gasteiger partial charge in [-0.05, 0) is 24.6 Å². The molecule has 1 heterocycles. The van der Waals surface area contributed by atoms with Crippen LogP contribution in [0, 0.1) is 6.92 Å². The third-order valence-electron chi connectivity index (χ3n) is 2.75. The van der Waals surface area contributed by atoms with Crippen LogP contribution >= 0.6 is 0 Å². The molecule has 17 heavy (non-hydrogen) atoms. The lowest BCUT2D eigenvalue weighted by molar-refractivity contribution is 0.0599. The van der Waals surface area contributed by atoms with Crippen molar-refractivity contribution in [1.82, 2.24) is 0 Å². The van der Waals surface area contributed by atoms with Crippen LogP contribution in [-0.2, 0) is 14.6 Å². The second kappa shape index (κ2) is 4.03. The van der Waals surface area contributed by atoms with E-state index in [4.69, 9.17) is 0 Å². The van der Waals surface area contributed by atoms with E-state index in [0.717, 1.165) is 0 Å². The second-order valence-electron chi connectivity index (χ2n) is 3.90. The summed E-state index contributed by atoms with van der Waals surface area (Å²) in [6.07, 6.45) is 0. The third kappa shape index (κ3) is 2.00. The first-order valence-electron chi connectivity index (χ1n) is 5.15. The van der Waals surface area contributed by atoms with Gasteiger partial charge in [0.05, 0.1) is 29.0 Å². The van der Waals surface area contributed by atoms with Gasteiger partial charge in [-0.1, -0.05) is 0 Å². The largest absolute Gasteiger partial charge is 0.465 e. The number of nitrogens with one attached hydrogen (secondary N) is 1. The van der Waals surface area contributed by atoms with Gasteiger partial charge in [-0.25, -0.2) is 13.2 Å². The van der Waals surface area contributed by atoms with Gasteiger partial charge in [0.1, 0.15) is 0 Å². The molecular formula is C11H13NO4S. The van der Waals surface area contributed by atoms with Crippen molar-refractivity contribution in [3.8, 4) is 0 Å².